The van der Waals surface area contributed by atoms with E-state index in [1.54, 1.807) is 7.11 Å². The first-order valence-electron chi connectivity index (χ1n) is 10.3. The predicted octanol–water partition coefficient (Wildman–Crippen LogP) is 4.00. The molecule has 182 valence electrons. The zero-order valence-corrected chi connectivity index (χ0v) is 20.3. The first kappa shape index (κ1) is 29.8. The van der Waals surface area contributed by atoms with Crippen LogP contribution in [0.15, 0.2) is 77.6 Å². The van der Waals surface area contributed by atoms with Gasteiger partial charge in [0.2, 0.25) is 5.88 Å². The molecule has 0 amide bonds. The molecule has 0 saturated heterocycles. The van der Waals surface area contributed by atoms with Crippen LogP contribution in [0, 0.1) is 0 Å². The fourth-order valence-corrected chi connectivity index (χ4v) is 2.92. The van der Waals surface area contributed by atoms with Crippen molar-refractivity contribution in [2.45, 2.75) is 25.9 Å². The lowest BCUT2D eigenvalue weighted by molar-refractivity contribution is 0.0180. The Kier molecular flexibility index (Phi) is 15.7. The van der Waals surface area contributed by atoms with E-state index in [4.69, 9.17) is 19.3 Å². The van der Waals surface area contributed by atoms with E-state index in [0.717, 1.165) is 12.0 Å². The van der Waals surface area contributed by atoms with Gasteiger partial charge in [0.15, 0.2) is 5.88 Å². The van der Waals surface area contributed by atoms with Gasteiger partial charge in [-0.1, -0.05) is 68.1 Å². The summed E-state index contributed by atoms with van der Waals surface area (Å²) in [4.78, 5) is 16.6. The summed E-state index contributed by atoms with van der Waals surface area (Å²) in [7, 11) is 6.07. The van der Waals surface area contributed by atoms with Crippen LogP contribution in [0.3, 0.4) is 0 Å². The second kappa shape index (κ2) is 17.4. The Labute approximate surface area is 196 Å². The molecule has 0 fully saturated rings. The summed E-state index contributed by atoms with van der Waals surface area (Å²) in [6.45, 7) is 7.76. The van der Waals surface area contributed by atoms with Gasteiger partial charge < -0.3 is 24.1 Å². The van der Waals surface area contributed by atoms with Crippen molar-refractivity contribution in [3.8, 4) is 11.8 Å². The molecule has 0 radical (unpaired) electrons. The summed E-state index contributed by atoms with van der Waals surface area (Å²) < 4.78 is 19.5. The average molecular weight is 461 g/mol. The van der Waals surface area contributed by atoms with Gasteiger partial charge in [-0.2, -0.15) is 4.98 Å². The maximum Gasteiger partial charge on any atom is 0.351 e. The van der Waals surface area contributed by atoms with Crippen molar-refractivity contribution in [3.63, 3.8) is 0 Å². The highest BCUT2D eigenvalue weighted by Gasteiger charge is 2.32. The number of hydrogen-bond donors (Lipinski definition) is 2. The van der Waals surface area contributed by atoms with Crippen LogP contribution in [0.5, 0.6) is 11.8 Å². The predicted molar refractivity (Wildman–Crippen MR) is 131 cm³/mol. The first-order valence-corrected chi connectivity index (χ1v) is 10.3. The Morgan fingerprint density at radius 1 is 1.18 bits per heavy atom. The van der Waals surface area contributed by atoms with Crippen LogP contribution in [0.4, 0.5) is 0 Å². The highest BCUT2D eigenvalue weighted by atomic mass is 16.6. The van der Waals surface area contributed by atoms with Crippen molar-refractivity contribution < 1.29 is 24.1 Å². The number of aromatic nitrogens is 2. The molecule has 2 rings (SSSR count). The van der Waals surface area contributed by atoms with E-state index < -0.39 is 11.3 Å². The van der Waals surface area contributed by atoms with E-state index >= 15 is 0 Å². The summed E-state index contributed by atoms with van der Waals surface area (Å²) in [5, 5.41) is 7.65. The largest absolute Gasteiger partial charge is 0.482 e. The number of nitrogens with zero attached hydrogens (tertiary/aromatic N) is 1. The van der Waals surface area contributed by atoms with E-state index in [2.05, 4.69) is 46.4 Å². The SMILES string of the molecule is C=C/C=C(\C=C/C)C(CC)(OC)c1ccccc1.COCO.COc1cc(OC)[nH]c(=O)n1. The molecule has 0 aliphatic rings. The Bertz CT molecular complexity index is 875. The molecule has 8 nitrogen and oxygen atoms in total. The van der Waals surface area contributed by atoms with Crippen LogP contribution in [0.25, 0.3) is 0 Å². The maximum absolute atomic E-state index is 10.7. The number of aliphatic hydroxyl groups excluding tert-OH is 1. The third-order valence-corrected chi connectivity index (χ3v) is 4.45. The molecule has 1 atom stereocenters. The third-order valence-electron chi connectivity index (χ3n) is 4.45. The lowest BCUT2D eigenvalue weighted by Gasteiger charge is -2.33. The van der Waals surface area contributed by atoms with Crippen molar-refractivity contribution in [1.82, 2.24) is 9.97 Å². The highest BCUT2D eigenvalue weighted by molar-refractivity contribution is 5.40. The number of hydrogen-bond acceptors (Lipinski definition) is 7. The maximum atomic E-state index is 10.7. The molecule has 0 saturated carbocycles. The van der Waals surface area contributed by atoms with Crippen LogP contribution in [0.1, 0.15) is 25.8 Å². The number of ether oxygens (including phenoxy) is 4. The fraction of sp³-hybridized carbons (Fsp3) is 0.360. The summed E-state index contributed by atoms with van der Waals surface area (Å²) >= 11 is 0. The van der Waals surface area contributed by atoms with Gasteiger partial charge >= 0.3 is 5.69 Å². The van der Waals surface area contributed by atoms with Crippen molar-refractivity contribution in [2.75, 3.05) is 35.2 Å². The summed E-state index contributed by atoms with van der Waals surface area (Å²) in [6, 6.07) is 11.8. The number of H-pyrrole nitrogens is 1. The molecule has 1 unspecified atom stereocenters. The number of methoxy groups -OCH3 is 4. The minimum Gasteiger partial charge on any atom is -0.482 e. The van der Waals surface area contributed by atoms with Crippen LogP contribution in [-0.2, 0) is 15.1 Å². The molecule has 1 heterocycles. The van der Waals surface area contributed by atoms with Crippen LogP contribution in [0.2, 0.25) is 0 Å². The minimum atomic E-state index is -0.485. The van der Waals surface area contributed by atoms with Gasteiger partial charge in [-0.3, -0.25) is 4.98 Å². The van der Waals surface area contributed by atoms with Crippen LogP contribution >= 0.6 is 0 Å². The number of allylic oxidation sites excluding steroid dienone is 3. The van der Waals surface area contributed by atoms with E-state index in [1.807, 2.05) is 43.4 Å². The number of aliphatic hydroxyl groups is 1. The zero-order chi connectivity index (χ0) is 25.1. The highest BCUT2D eigenvalue weighted by Crippen LogP contribution is 2.37. The minimum absolute atomic E-state index is 0.181. The molecule has 1 aromatic heterocycles. The smallest absolute Gasteiger partial charge is 0.351 e. The molecule has 0 aliphatic heterocycles. The number of aromatic amines is 1. The fourth-order valence-electron chi connectivity index (χ4n) is 2.92. The quantitative estimate of drug-likeness (QED) is 0.431. The lowest BCUT2D eigenvalue weighted by atomic mass is 9.83. The topological polar surface area (TPSA) is 103 Å². The number of rotatable bonds is 9. The summed E-state index contributed by atoms with van der Waals surface area (Å²) in [5.41, 5.74) is 1.40. The van der Waals surface area contributed by atoms with Gasteiger partial charge in [-0.25, -0.2) is 4.79 Å². The van der Waals surface area contributed by atoms with Gasteiger partial charge in [-0.05, 0) is 24.5 Å². The van der Waals surface area contributed by atoms with Crippen molar-refractivity contribution in [2.24, 2.45) is 0 Å². The first-order chi connectivity index (χ1) is 15.9. The number of benzene rings is 1. The van der Waals surface area contributed by atoms with E-state index in [9.17, 15) is 4.79 Å². The van der Waals surface area contributed by atoms with Gasteiger partial charge in [0.25, 0.3) is 0 Å². The van der Waals surface area contributed by atoms with E-state index in [-0.39, 0.29) is 12.7 Å². The van der Waals surface area contributed by atoms with Crippen molar-refractivity contribution in [3.05, 3.63) is 88.9 Å². The molecule has 0 spiro atoms. The molecule has 0 bridgehead atoms. The Hall–Kier alpha value is -3.20. The zero-order valence-electron chi connectivity index (χ0n) is 20.3. The van der Waals surface area contributed by atoms with Gasteiger partial charge in [0.1, 0.15) is 12.4 Å². The summed E-state index contributed by atoms with van der Waals surface area (Å²) in [5.74, 6) is 0.576. The van der Waals surface area contributed by atoms with Crippen molar-refractivity contribution in [1.29, 1.82) is 0 Å². The molecule has 8 heteroatoms. The second-order valence-electron chi connectivity index (χ2n) is 6.32. The van der Waals surface area contributed by atoms with E-state index in [0.29, 0.717) is 5.88 Å². The van der Waals surface area contributed by atoms with Gasteiger partial charge in [0, 0.05) is 14.2 Å². The Morgan fingerprint density at radius 3 is 2.24 bits per heavy atom. The summed E-state index contributed by atoms with van der Waals surface area (Å²) in [6.07, 6.45) is 8.81. The molecule has 33 heavy (non-hydrogen) atoms. The van der Waals surface area contributed by atoms with Gasteiger partial charge in [-0.15, -0.1) is 0 Å². The molecular formula is C25H36N2O6. The lowest BCUT2D eigenvalue weighted by Crippen LogP contribution is -2.29. The number of nitrogens with one attached hydrogen (secondary N) is 1. The average Bonchev–Trinajstić information content (AvgIpc) is 2.86. The molecule has 2 N–H and O–H groups in total. The Balaban J connectivity index is 0.000000577. The molecule has 0 aliphatic carbocycles. The third kappa shape index (κ3) is 9.86. The van der Waals surface area contributed by atoms with Crippen LogP contribution < -0.4 is 15.2 Å². The standard InChI is InChI=1S/C17H22O.C6H8N2O3.C2H6O2/c1-5-11-15(12-6-2)17(7-3,18-4)16-13-9-8-10-14-16;1-10-4-3-5(11-2)8-6(9)7-4;1-4-2-3/h5-6,8-14H,1,7H2,2-4H3;3H,1-2H3,(H,7,8,9);3H,2H2,1H3/b12-6-,15-11+;;. The molecule has 2 aromatic rings. The van der Waals surface area contributed by atoms with Crippen LogP contribution in [-0.4, -0.2) is 50.3 Å². The second-order valence-corrected chi connectivity index (χ2v) is 6.32. The monoisotopic (exact) mass is 460 g/mol. The van der Waals surface area contributed by atoms with E-state index in [1.165, 1.54) is 33.0 Å². The normalized spacial score (nSPS) is 12.5. The van der Waals surface area contributed by atoms with Crippen molar-refractivity contribution >= 4 is 0 Å². The molecule has 1 aromatic carbocycles. The Morgan fingerprint density at radius 2 is 1.82 bits per heavy atom. The molecular weight excluding hydrogens is 424 g/mol. The van der Waals surface area contributed by atoms with Gasteiger partial charge in [0.05, 0.1) is 20.3 Å².